The maximum atomic E-state index is 12.0. The van der Waals surface area contributed by atoms with E-state index in [4.69, 9.17) is 5.73 Å². The molecule has 1 fully saturated rings. The maximum Gasteiger partial charge on any atom is 0.242 e. The molecule has 0 aromatic heterocycles. The van der Waals surface area contributed by atoms with Crippen molar-refractivity contribution >= 4 is 21.4 Å². The molecule has 4 N–H and O–H groups in total. The number of rotatable bonds is 7. The van der Waals surface area contributed by atoms with Crippen molar-refractivity contribution in [2.75, 3.05) is 44.3 Å². The van der Waals surface area contributed by atoms with Gasteiger partial charge in [-0.15, -0.1) is 0 Å². The second-order valence-electron chi connectivity index (χ2n) is 5.29. The monoisotopic (exact) mass is 312 g/mol. The number of anilines is 2. The van der Waals surface area contributed by atoms with Crippen LogP contribution in [-0.2, 0) is 10.0 Å². The number of hydrogen-bond acceptors (Lipinski definition) is 5. The summed E-state index contributed by atoms with van der Waals surface area (Å²) < 4.78 is 26.3. The Balaban J connectivity index is 1.96. The van der Waals surface area contributed by atoms with Crippen molar-refractivity contribution < 1.29 is 8.42 Å². The number of nitrogen functional groups attached to an aromatic ring is 1. The van der Waals surface area contributed by atoms with Gasteiger partial charge in [-0.2, -0.15) is 0 Å². The summed E-state index contributed by atoms with van der Waals surface area (Å²) in [4.78, 5) is 2.64. The van der Waals surface area contributed by atoms with E-state index in [9.17, 15) is 8.42 Å². The smallest absolute Gasteiger partial charge is 0.242 e. The van der Waals surface area contributed by atoms with E-state index >= 15 is 0 Å². The molecular formula is C14H24N4O2S. The van der Waals surface area contributed by atoms with E-state index in [1.54, 1.807) is 12.1 Å². The lowest BCUT2D eigenvalue weighted by Crippen LogP contribution is -2.23. The minimum Gasteiger partial charge on any atom is -0.399 e. The Morgan fingerprint density at radius 3 is 2.67 bits per heavy atom. The highest BCUT2D eigenvalue weighted by Gasteiger charge is 2.17. The van der Waals surface area contributed by atoms with Crippen LogP contribution >= 0.6 is 0 Å². The molecule has 1 aromatic carbocycles. The minimum atomic E-state index is -3.51. The van der Waals surface area contributed by atoms with Crippen molar-refractivity contribution in [3.8, 4) is 0 Å². The van der Waals surface area contributed by atoms with Gasteiger partial charge in [-0.05, 0) is 64.1 Å². The number of nitrogens with one attached hydrogen (secondary N) is 2. The van der Waals surface area contributed by atoms with E-state index in [1.165, 1.54) is 39.0 Å². The Labute approximate surface area is 126 Å². The second kappa shape index (κ2) is 7.11. The standard InChI is InChI=1S/C14H24N4O2S/c1-16-21(19,20)14-11-12(15)5-6-13(14)17-7-4-10-18-8-2-3-9-18/h5-6,11,16-17H,2-4,7-10,15H2,1H3. The molecule has 2 rings (SSSR count). The molecule has 0 radical (unpaired) electrons. The minimum absolute atomic E-state index is 0.200. The normalized spacial score (nSPS) is 16.2. The summed E-state index contributed by atoms with van der Waals surface area (Å²) in [6.07, 6.45) is 3.56. The van der Waals surface area contributed by atoms with Gasteiger partial charge in [0.1, 0.15) is 4.90 Å². The van der Waals surface area contributed by atoms with Crippen molar-refractivity contribution in [1.29, 1.82) is 0 Å². The van der Waals surface area contributed by atoms with Crippen molar-refractivity contribution in [1.82, 2.24) is 9.62 Å². The zero-order chi connectivity index (χ0) is 15.3. The fourth-order valence-corrected chi connectivity index (χ4v) is 3.49. The van der Waals surface area contributed by atoms with E-state index in [1.807, 2.05) is 0 Å². The van der Waals surface area contributed by atoms with Crippen molar-refractivity contribution in [2.24, 2.45) is 0 Å². The molecule has 0 atom stereocenters. The third-order valence-electron chi connectivity index (χ3n) is 3.73. The highest BCUT2D eigenvalue weighted by molar-refractivity contribution is 7.89. The Hall–Kier alpha value is -1.31. The topological polar surface area (TPSA) is 87.5 Å². The molecule has 1 saturated heterocycles. The molecule has 0 unspecified atom stereocenters. The first-order valence-corrected chi connectivity index (χ1v) is 8.80. The largest absolute Gasteiger partial charge is 0.399 e. The average Bonchev–Trinajstić information content (AvgIpc) is 2.98. The van der Waals surface area contributed by atoms with Crippen LogP contribution in [-0.4, -0.2) is 46.5 Å². The van der Waals surface area contributed by atoms with Gasteiger partial charge in [0.25, 0.3) is 0 Å². The number of likely N-dealkylation sites (tertiary alicyclic amines) is 1. The molecule has 1 aliphatic heterocycles. The van der Waals surface area contributed by atoms with Gasteiger partial charge < -0.3 is 16.0 Å². The quantitative estimate of drug-likeness (QED) is 0.518. The zero-order valence-electron chi connectivity index (χ0n) is 12.4. The van der Waals surface area contributed by atoms with Crippen LogP contribution in [0.1, 0.15) is 19.3 Å². The van der Waals surface area contributed by atoms with Gasteiger partial charge in [0.2, 0.25) is 10.0 Å². The summed E-state index contributed by atoms with van der Waals surface area (Å²) in [5.74, 6) is 0. The highest BCUT2D eigenvalue weighted by atomic mass is 32.2. The third-order valence-corrected chi connectivity index (χ3v) is 5.18. The van der Waals surface area contributed by atoms with E-state index in [0.29, 0.717) is 11.4 Å². The van der Waals surface area contributed by atoms with Crippen molar-refractivity contribution in [3.05, 3.63) is 18.2 Å². The predicted octanol–water partition coefficient (Wildman–Crippen LogP) is 1.07. The molecule has 21 heavy (non-hydrogen) atoms. The lowest BCUT2D eigenvalue weighted by molar-refractivity contribution is 0.337. The van der Waals surface area contributed by atoms with Gasteiger partial charge in [-0.25, -0.2) is 13.1 Å². The van der Waals surface area contributed by atoms with Crippen LogP contribution in [0.4, 0.5) is 11.4 Å². The van der Waals surface area contributed by atoms with Crippen LogP contribution in [0.5, 0.6) is 0 Å². The SMILES string of the molecule is CNS(=O)(=O)c1cc(N)ccc1NCCCN1CCCC1. The molecule has 0 spiro atoms. The maximum absolute atomic E-state index is 12.0. The molecule has 1 aromatic rings. The van der Waals surface area contributed by atoms with Gasteiger partial charge in [-0.3, -0.25) is 0 Å². The summed E-state index contributed by atoms with van der Waals surface area (Å²) in [5, 5.41) is 3.20. The number of nitrogens with zero attached hydrogens (tertiary/aromatic N) is 1. The molecule has 0 saturated carbocycles. The number of sulfonamides is 1. The van der Waals surface area contributed by atoms with Gasteiger partial charge >= 0.3 is 0 Å². The van der Waals surface area contributed by atoms with Gasteiger partial charge in [0.05, 0.1) is 5.69 Å². The fourth-order valence-electron chi connectivity index (χ4n) is 2.55. The van der Waals surface area contributed by atoms with Gasteiger partial charge in [0.15, 0.2) is 0 Å². The Morgan fingerprint density at radius 2 is 2.00 bits per heavy atom. The molecule has 1 aliphatic rings. The Morgan fingerprint density at radius 1 is 1.29 bits per heavy atom. The molecular weight excluding hydrogens is 288 g/mol. The molecule has 1 heterocycles. The highest BCUT2D eigenvalue weighted by Crippen LogP contribution is 2.23. The summed E-state index contributed by atoms with van der Waals surface area (Å²) in [6.45, 7) is 4.16. The summed E-state index contributed by atoms with van der Waals surface area (Å²) >= 11 is 0. The third kappa shape index (κ3) is 4.33. The molecule has 0 bridgehead atoms. The Kier molecular flexibility index (Phi) is 5.44. The summed E-state index contributed by atoms with van der Waals surface area (Å²) in [6, 6.07) is 4.90. The molecule has 7 heteroatoms. The Bertz CT molecular complexity index is 568. The summed E-state index contributed by atoms with van der Waals surface area (Å²) in [7, 11) is -2.11. The van der Waals surface area contributed by atoms with Crippen LogP contribution in [0.3, 0.4) is 0 Å². The van der Waals surface area contributed by atoms with Crippen molar-refractivity contribution in [2.45, 2.75) is 24.2 Å². The first-order chi connectivity index (χ1) is 10.0. The number of hydrogen-bond donors (Lipinski definition) is 3. The van der Waals surface area contributed by atoms with E-state index in [-0.39, 0.29) is 4.90 Å². The molecule has 118 valence electrons. The van der Waals surface area contributed by atoms with Crippen LogP contribution in [0.25, 0.3) is 0 Å². The van der Waals surface area contributed by atoms with Crippen molar-refractivity contribution in [3.63, 3.8) is 0 Å². The zero-order valence-corrected chi connectivity index (χ0v) is 13.2. The van der Waals surface area contributed by atoms with Crippen LogP contribution in [0.15, 0.2) is 23.1 Å². The van der Waals surface area contributed by atoms with Crippen LogP contribution in [0, 0.1) is 0 Å². The lowest BCUT2D eigenvalue weighted by atomic mass is 10.2. The first kappa shape index (κ1) is 16.1. The molecule has 0 aliphatic carbocycles. The van der Waals surface area contributed by atoms with Crippen LogP contribution < -0.4 is 15.8 Å². The number of nitrogens with two attached hydrogens (primary N) is 1. The molecule has 0 amide bonds. The predicted molar refractivity (Wildman–Crippen MR) is 85.9 cm³/mol. The number of benzene rings is 1. The lowest BCUT2D eigenvalue weighted by Gasteiger charge is -2.16. The van der Waals surface area contributed by atoms with E-state index < -0.39 is 10.0 Å². The first-order valence-electron chi connectivity index (χ1n) is 7.32. The van der Waals surface area contributed by atoms with Crippen LogP contribution in [0.2, 0.25) is 0 Å². The van der Waals surface area contributed by atoms with Gasteiger partial charge in [0, 0.05) is 12.2 Å². The van der Waals surface area contributed by atoms with E-state index in [2.05, 4.69) is 14.9 Å². The van der Waals surface area contributed by atoms with E-state index in [0.717, 1.165) is 19.5 Å². The fraction of sp³-hybridized carbons (Fsp3) is 0.571. The average molecular weight is 312 g/mol. The second-order valence-corrected chi connectivity index (χ2v) is 7.15. The summed E-state index contributed by atoms with van der Waals surface area (Å²) in [5.41, 5.74) is 6.72. The molecule has 6 nitrogen and oxygen atoms in total. The van der Waals surface area contributed by atoms with Gasteiger partial charge in [-0.1, -0.05) is 0 Å².